The number of carbonyl (C=O) groups excluding carboxylic acids is 1. The van der Waals surface area contributed by atoms with Crippen molar-refractivity contribution in [3.63, 3.8) is 0 Å². The lowest BCUT2D eigenvalue weighted by Crippen LogP contribution is -2.23. The Morgan fingerprint density at radius 3 is 2.32 bits per heavy atom. The standard InChI is InChI=1S/C24H25N3O6S/c1-3-17-13-26-22(14-25-17)27-23(29)16-10-19(12-20(11-16)33-24(15-28)8-9-24)32-18-4-6-21(7-5-18)34(2,30)31/h4-7,10-14,28H,3,8-9,15H2,1-2H3,(H,26,27,29). The topological polar surface area (TPSA) is 128 Å². The highest BCUT2D eigenvalue weighted by molar-refractivity contribution is 7.90. The van der Waals surface area contributed by atoms with Crippen molar-refractivity contribution in [2.75, 3.05) is 18.2 Å². The molecule has 178 valence electrons. The summed E-state index contributed by atoms with van der Waals surface area (Å²) >= 11 is 0. The number of aliphatic hydroxyl groups is 1. The summed E-state index contributed by atoms with van der Waals surface area (Å²) in [5.41, 5.74) is 0.422. The Balaban J connectivity index is 1.60. The van der Waals surface area contributed by atoms with E-state index in [0.29, 0.717) is 35.9 Å². The minimum Gasteiger partial charge on any atom is -0.485 e. The Hall–Kier alpha value is -3.50. The summed E-state index contributed by atoms with van der Waals surface area (Å²) in [7, 11) is -3.33. The zero-order chi connectivity index (χ0) is 24.3. The zero-order valence-corrected chi connectivity index (χ0v) is 19.6. The molecule has 2 N–H and O–H groups in total. The molecule has 0 atom stereocenters. The van der Waals surface area contributed by atoms with Gasteiger partial charge in [0.2, 0.25) is 0 Å². The number of ether oxygens (including phenoxy) is 2. The first kappa shape index (κ1) is 23.7. The molecule has 0 saturated heterocycles. The molecule has 1 aromatic heterocycles. The van der Waals surface area contributed by atoms with E-state index < -0.39 is 21.3 Å². The van der Waals surface area contributed by atoms with E-state index in [9.17, 15) is 18.3 Å². The van der Waals surface area contributed by atoms with Crippen molar-refractivity contribution in [1.29, 1.82) is 0 Å². The molecule has 1 saturated carbocycles. The first-order chi connectivity index (χ1) is 16.2. The second-order valence-corrected chi connectivity index (χ2v) is 10.2. The third kappa shape index (κ3) is 5.70. The second-order valence-electron chi connectivity index (χ2n) is 8.18. The SMILES string of the molecule is CCc1cnc(NC(=O)c2cc(Oc3ccc(S(C)(=O)=O)cc3)cc(OC3(CO)CC3)c2)cn1. The molecular formula is C24H25N3O6S. The van der Waals surface area contributed by atoms with Crippen molar-refractivity contribution in [2.45, 2.75) is 36.7 Å². The molecule has 9 nitrogen and oxygen atoms in total. The Morgan fingerprint density at radius 2 is 1.76 bits per heavy atom. The van der Waals surface area contributed by atoms with E-state index in [1.807, 2.05) is 6.92 Å². The normalized spacial score (nSPS) is 14.3. The van der Waals surface area contributed by atoms with Gasteiger partial charge in [-0.25, -0.2) is 13.4 Å². The van der Waals surface area contributed by atoms with Gasteiger partial charge >= 0.3 is 0 Å². The molecule has 0 radical (unpaired) electrons. The van der Waals surface area contributed by atoms with Crippen LogP contribution in [0.1, 0.15) is 35.8 Å². The fourth-order valence-electron chi connectivity index (χ4n) is 3.18. The fourth-order valence-corrected chi connectivity index (χ4v) is 3.81. The Bertz CT molecular complexity index is 1290. The molecule has 0 unspecified atom stereocenters. The number of carbonyl (C=O) groups is 1. The number of benzene rings is 2. The van der Waals surface area contributed by atoms with Crippen LogP contribution in [0.15, 0.2) is 59.8 Å². The average molecular weight is 484 g/mol. The predicted octanol–water partition coefficient (Wildman–Crippen LogP) is 3.39. The number of rotatable bonds is 9. The smallest absolute Gasteiger partial charge is 0.257 e. The number of nitrogens with zero attached hydrogens (tertiary/aromatic N) is 2. The van der Waals surface area contributed by atoms with Crippen LogP contribution in [0.2, 0.25) is 0 Å². The van der Waals surface area contributed by atoms with E-state index in [-0.39, 0.29) is 17.1 Å². The molecule has 3 aromatic rings. The van der Waals surface area contributed by atoms with E-state index in [4.69, 9.17) is 9.47 Å². The summed E-state index contributed by atoms with van der Waals surface area (Å²) < 4.78 is 35.2. The molecule has 0 aliphatic heterocycles. The number of hydrogen-bond donors (Lipinski definition) is 2. The number of nitrogens with one attached hydrogen (secondary N) is 1. The minimum absolute atomic E-state index is 0.133. The molecule has 1 fully saturated rings. The summed E-state index contributed by atoms with van der Waals surface area (Å²) in [6.45, 7) is 1.83. The van der Waals surface area contributed by atoms with Crippen molar-refractivity contribution in [2.24, 2.45) is 0 Å². The number of aryl methyl sites for hydroxylation is 1. The first-order valence-electron chi connectivity index (χ1n) is 10.7. The Labute approximate surface area is 197 Å². The van der Waals surface area contributed by atoms with E-state index in [2.05, 4.69) is 15.3 Å². The van der Waals surface area contributed by atoms with E-state index >= 15 is 0 Å². The van der Waals surface area contributed by atoms with Gasteiger partial charge in [0, 0.05) is 17.9 Å². The average Bonchev–Trinajstić information content (AvgIpc) is 3.59. The van der Waals surface area contributed by atoms with Crippen LogP contribution < -0.4 is 14.8 Å². The van der Waals surface area contributed by atoms with Crippen molar-refractivity contribution in [1.82, 2.24) is 9.97 Å². The van der Waals surface area contributed by atoms with Crippen LogP contribution in [0.3, 0.4) is 0 Å². The lowest BCUT2D eigenvalue weighted by Gasteiger charge is -2.17. The van der Waals surface area contributed by atoms with Gasteiger partial charge in [-0.05, 0) is 55.7 Å². The maximum absolute atomic E-state index is 12.9. The third-order valence-corrected chi connectivity index (χ3v) is 6.50. The molecule has 1 aliphatic carbocycles. The zero-order valence-electron chi connectivity index (χ0n) is 18.8. The number of aliphatic hydroxyl groups excluding tert-OH is 1. The lowest BCUT2D eigenvalue weighted by atomic mass is 10.1. The highest BCUT2D eigenvalue weighted by Gasteiger charge is 2.45. The molecular weight excluding hydrogens is 458 g/mol. The quantitative estimate of drug-likeness (QED) is 0.474. The number of sulfone groups is 1. The molecule has 0 spiro atoms. The van der Waals surface area contributed by atoms with Crippen LogP contribution in [0.5, 0.6) is 17.2 Å². The highest BCUT2D eigenvalue weighted by Crippen LogP contribution is 2.41. The van der Waals surface area contributed by atoms with Crippen LogP contribution in [0.4, 0.5) is 5.82 Å². The lowest BCUT2D eigenvalue weighted by molar-refractivity contribution is 0.0944. The van der Waals surface area contributed by atoms with Crippen LogP contribution in [0.25, 0.3) is 0 Å². The molecule has 4 rings (SSSR count). The highest BCUT2D eigenvalue weighted by atomic mass is 32.2. The van der Waals surface area contributed by atoms with E-state index in [1.54, 1.807) is 24.4 Å². The summed E-state index contributed by atoms with van der Waals surface area (Å²) in [6.07, 6.45) is 6.37. The van der Waals surface area contributed by atoms with Gasteiger partial charge in [0.1, 0.15) is 22.8 Å². The van der Waals surface area contributed by atoms with Crippen LogP contribution in [-0.4, -0.2) is 47.9 Å². The van der Waals surface area contributed by atoms with Crippen molar-refractivity contribution in [3.05, 3.63) is 66.1 Å². The monoisotopic (exact) mass is 483 g/mol. The Morgan fingerprint density at radius 1 is 1.06 bits per heavy atom. The second kappa shape index (κ2) is 9.40. The maximum Gasteiger partial charge on any atom is 0.257 e. The van der Waals surface area contributed by atoms with Gasteiger partial charge in [0.15, 0.2) is 15.7 Å². The molecule has 10 heteroatoms. The number of amides is 1. The minimum atomic E-state index is -3.33. The van der Waals surface area contributed by atoms with Gasteiger partial charge in [0.25, 0.3) is 5.91 Å². The fraction of sp³-hybridized carbons (Fsp3) is 0.292. The van der Waals surface area contributed by atoms with Gasteiger partial charge in [-0.15, -0.1) is 0 Å². The molecule has 1 aliphatic rings. The van der Waals surface area contributed by atoms with Crippen LogP contribution in [-0.2, 0) is 16.3 Å². The molecule has 2 aromatic carbocycles. The van der Waals surface area contributed by atoms with Gasteiger partial charge < -0.3 is 19.9 Å². The molecule has 34 heavy (non-hydrogen) atoms. The molecule has 1 amide bonds. The number of hydrogen-bond acceptors (Lipinski definition) is 8. The van der Waals surface area contributed by atoms with Gasteiger partial charge in [-0.2, -0.15) is 0 Å². The number of anilines is 1. The van der Waals surface area contributed by atoms with Crippen molar-refractivity contribution in [3.8, 4) is 17.2 Å². The van der Waals surface area contributed by atoms with Crippen LogP contribution >= 0.6 is 0 Å². The third-order valence-electron chi connectivity index (χ3n) is 5.37. The van der Waals surface area contributed by atoms with Gasteiger partial charge in [0.05, 0.1) is 29.6 Å². The van der Waals surface area contributed by atoms with Crippen LogP contribution in [0, 0.1) is 0 Å². The first-order valence-corrected chi connectivity index (χ1v) is 12.6. The number of aromatic nitrogens is 2. The maximum atomic E-state index is 12.9. The largest absolute Gasteiger partial charge is 0.485 e. The van der Waals surface area contributed by atoms with Gasteiger partial charge in [-0.3, -0.25) is 9.78 Å². The van der Waals surface area contributed by atoms with Crippen molar-refractivity contribution >= 4 is 21.6 Å². The Kier molecular flexibility index (Phi) is 6.54. The van der Waals surface area contributed by atoms with E-state index in [1.165, 1.54) is 30.5 Å². The summed E-state index contributed by atoms with van der Waals surface area (Å²) in [5, 5.41) is 12.3. The summed E-state index contributed by atoms with van der Waals surface area (Å²) in [4.78, 5) is 21.5. The summed E-state index contributed by atoms with van der Waals surface area (Å²) in [6, 6.07) is 10.7. The summed E-state index contributed by atoms with van der Waals surface area (Å²) in [5.74, 6) is 0.946. The predicted molar refractivity (Wildman–Crippen MR) is 125 cm³/mol. The van der Waals surface area contributed by atoms with E-state index in [0.717, 1.165) is 18.4 Å². The molecule has 1 heterocycles. The van der Waals surface area contributed by atoms with Gasteiger partial charge in [-0.1, -0.05) is 6.92 Å². The molecule has 0 bridgehead atoms. The van der Waals surface area contributed by atoms with Crippen molar-refractivity contribution < 1.29 is 27.8 Å².